The highest BCUT2D eigenvalue weighted by molar-refractivity contribution is 7.92. The normalized spacial score (nSPS) is 13.1. The summed E-state index contributed by atoms with van der Waals surface area (Å²) in [5.74, 6) is -0.756. The van der Waals surface area contributed by atoms with Crippen LogP contribution in [0.3, 0.4) is 0 Å². The minimum atomic E-state index is -3.85. The molecule has 0 unspecified atom stereocenters. The lowest BCUT2D eigenvalue weighted by atomic mass is 10.1. The largest absolute Gasteiger partial charge is 0.352 e. The molecule has 0 spiro atoms. The number of sulfonamides is 1. The van der Waals surface area contributed by atoms with E-state index in [2.05, 4.69) is 5.32 Å². The van der Waals surface area contributed by atoms with E-state index in [1.54, 1.807) is 0 Å². The van der Waals surface area contributed by atoms with Gasteiger partial charge in [0.05, 0.1) is 11.9 Å². The zero-order chi connectivity index (χ0) is 26.2. The van der Waals surface area contributed by atoms with Gasteiger partial charge in [0, 0.05) is 22.6 Å². The second-order valence-corrected chi connectivity index (χ2v) is 11.2. The monoisotopic (exact) mass is 541 g/mol. The maximum atomic E-state index is 13.6. The number of halogens is 2. The van der Waals surface area contributed by atoms with Gasteiger partial charge in [-0.1, -0.05) is 67.4 Å². The molecule has 0 saturated carbocycles. The summed E-state index contributed by atoms with van der Waals surface area (Å²) in [4.78, 5) is 28.1. The summed E-state index contributed by atoms with van der Waals surface area (Å²) in [5.41, 5.74) is 1.18. The van der Waals surface area contributed by atoms with E-state index in [9.17, 15) is 18.0 Å². The van der Waals surface area contributed by atoms with Crippen molar-refractivity contribution in [1.29, 1.82) is 0 Å². The van der Waals surface area contributed by atoms with Gasteiger partial charge in [-0.2, -0.15) is 0 Å². The Bertz CT molecular complexity index is 1090. The third-order valence-electron chi connectivity index (χ3n) is 5.69. The van der Waals surface area contributed by atoms with E-state index in [-0.39, 0.29) is 34.2 Å². The van der Waals surface area contributed by atoms with Crippen LogP contribution < -0.4 is 9.62 Å². The molecule has 2 amide bonds. The predicted octanol–water partition coefficient (Wildman–Crippen LogP) is 4.52. The Kier molecular flexibility index (Phi) is 10.9. The summed E-state index contributed by atoms with van der Waals surface area (Å²) in [6, 6.07) is 13.2. The zero-order valence-corrected chi connectivity index (χ0v) is 22.8. The fourth-order valence-electron chi connectivity index (χ4n) is 3.63. The molecular formula is C25H33Cl2N3O4S. The molecule has 0 aromatic heterocycles. The van der Waals surface area contributed by atoms with Gasteiger partial charge in [-0.3, -0.25) is 13.9 Å². The Morgan fingerprint density at radius 3 is 2.11 bits per heavy atom. The fraction of sp³-hybridized carbons (Fsp3) is 0.440. The fourth-order valence-corrected chi connectivity index (χ4v) is 4.98. The summed E-state index contributed by atoms with van der Waals surface area (Å²) in [6.45, 7) is 5.45. The van der Waals surface area contributed by atoms with E-state index in [1.807, 2.05) is 51.1 Å². The molecule has 0 aliphatic rings. The minimum absolute atomic E-state index is 0.0521. The van der Waals surface area contributed by atoms with Gasteiger partial charge in [-0.05, 0) is 49.9 Å². The van der Waals surface area contributed by atoms with Crippen molar-refractivity contribution in [3.8, 4) is 0 Å². The number of nitrogens with one attached hydrogen (secondary N) is 1. The molecular weight excluding hydrogens is 509 g/mol. The molecule has 2 aromatic carbocycles. The Balaban J connectivity index is 2.39. The smallest absolute Gasteiger partial charge is 0.244 e. The van der Waals surface area contributed by atoms with E-state index in [0.29, 0.717) is 12.8 Å². The molecule has 1 N–H and O–H groups in total. The summed E-state index contributed by atoms with van der Waals surface area (Å²) in [5, 5.41) is 3.43. The SMILES string of the molecule is CC[C@H](C(=O)N[C@@H](C)CC)N(CCc1ccccc1)C(=O)CN(c1cc(Cl)cc(Cl)c1)S(C)(=O)=O. The van der Waals surface area contributed by atoms with Gasteiger partial charge in [0.25, 0.3) is 0 Å². The van der Waals surface area contributed by atoms with Crippen LogP contribution in [0.25, 0.3) is 0 Å². The molecule has 0 aliphatic carbocycles. The summed E-state index contributed by atoms with van der Waals surface area (Å²) in [7, 11) is -3.85. The maximum Gasteiger partial charge on any atom is 0.244 e. The van der Waals surface area contributed by atoms with Gasteiger partial charge in [0.2, 0.25) is 21.8 Å². The number of carbonyl (C=O) groups excluding carboxylic acids is 2. The lowest BCUT2D eigenvalue weighted by molar-refractivity contribution is -0.139. The van der Waals surface area contributed by atoms with Crippen molar-refractivity contribution < 1.29 is 18.0 Å². The van der Waals surface area contributed by atoms with Gasteiger partial charge >= 0.3 is 0 Å². The number of rotatable bonds is 12. The second-order valence-electron chi connectivity index (χ2n) is 8.46. The van der Waals surface area contributed by atoms with E-state index < -0.39 is 28.5 Å². The summed E-state index contributed by atoms with van der Waals surface area (Å²) >= 11 is 12.2. The molecule has 0 saturated heterocycles. The van der Waals surface area contributed by atoms with Crippen LogP contribution in [-0.4, -0.2) is 56.6 Å². The Labute approximate surface area is 218 Å². The molecule has 35 heavy (non-hydrogen) atoms. The van der Waals surface area contributed by atoms with Crippen LogP contribution in [-0.2, 0) is 26.0 Å². The van der Waals surface area contributed by atoms with E-state index in [4.69, 9.17) is 23.2 Å². The van der Waals surface area contributed by atoms with Gasteiger partial charge in [0.1, 0.15) is 12.6 Å². The average Bonchev–Trinajstić information content (AvgIpc) is 2.78. The second kappa shape index (κ2) is 13.1. The first-order valence-corrected chi connectivity index (χ1v) is 14.1. The lowest BCUT2D eigenvalue weighted by Crippen LogP contribution is -2.54. The summed E-state index contributed by atoms with van der Waals surface area (Å²) < 4.78 is 26.2. The minimum Gasteiger partial charge on any atom is -0.352 e. The third kappa shape index (κ3) is 8.70. The maximum absolute atomic E-state index is 13.6. The van der Waals surface area contributed by atoms with Gasteiger partial charge < -0.3 is 10.2 Å². The van der Waals surface area contributed by atoms with Crippen LogP contribution in [0.4, 0.5) is 5.69 Å². The molecule has 0 aliphatic heterocycles. The first-order chi connectivity index (χ1) is 16.5. The molecule has 2 aromatic rings. The van der Waals surface area contributed by atoms with Gasteiger partial charge in [-0.25, -0.2) is 8.42 Å². The highest BCUT2D eigenvalue weighted by Crippen LogP contribution is 2.27. The van der Waals surface area contributed by atoms with Crippen molar-refractivity contribution in [1.82, 2.24) is 10.2 Å². The highest BCUT2D eigenvalue weighted by atomic mass is 35.5. The van der Waals surface area contributed by atoms with Crippen molar-refractivity contribution in [3.05, 3.63) is 64.1 Å². The first-order valence-electron chi connectivity index (χ1n) is 11.5. The number of nitrogens with zero attached hydrogens (tertiary/aromatic N) is 2. The standard InChI is InChI=1S/C25H33Cl2N3O4S/c1-5-18(3)28-25(32)23(6-2)29(13-12-19-10-8-7-9-11-19)24(31)17-30(35(4,33)34)22-15-20(26)14-21(27)16-22/h7-11,14-16,18,23H,5-6,12-13,17H2,1-4H3,(H,28,32)/t18-,23+/m0/s1. The molecule has 0 radical (unpaired) electrons. The number of benzene rings is 2. The van der Waals surface area contributed by atoms with Gasteiger partial charge in [0.15, 0.2) is 0 Å². The van der Waals surface area contributed by atoms with Crippen LogP contribution >= 0.6 is 23.2 Å². The molecule has 2 rings (SSSR count). The molecule has 2 atom stereocenters. The zero-order valence-electron chi connectivity index (χ0n) is 20.5. The number of carbonyl (C=O) groups is 2. The topological polar surface area (TPSA) is 86.8 Å². The third-order valence-corrected chi connectivity index (χ3v) is 7.26. The Hall–Kier alpha value is -2.29. The van der Waals surface area contributed by atoms with E-state index >= 15 is 0 Å². The van der Waals surface area contributed by atoms with E-state index in [0.717, 1.165) is 22.5 Å². The van der Waals surface area contributed by atoms with Crippen molar-refractivity contribution in [3.63, 3.8) is 0 Å². The quantitative estimate of drug-likeness (QED) is 0.427. The Morgan fingerprint density at radius 2 is 1.60 bits per heavy atom. The molecule has 192 valence electrons. The summed E-state index contributed by atoms with van der Waals surface area (Å²) in [6.07, 6.45) is 2.65. The van der Waals surface area contributed by atoms with E-state index in [1.165, 1.54) is 23.1 Å². The molecule has 7 nitrogen and oxygen atoms in total. The first kappa shape index (κ1) is 28.9. The lowest BCUT2D eigenvalue weighted by Gasteiger charge is -2.33. The van der Waals surface area contributed by atoms with Crippen LogP contribution in [0.15, 0.2) is 48.5 Å². The molecule has 0 bridgehead atoms. The number of hydrogen-bond acceptors (Lipinski definition) is 4. The molecule has 10 heteroatoms. The number of anilines is 1. The van der Waals surface area contributed by atoms with Crippen LogP contribution in [0.2, 0.25) is 10.0 Å². The van der Waals surface area contributed by atoms with Crippen LogP contribution in [0.5, 0.6) is 0 Å². The van der Waals surface area contributed by atoms with Gasteiger partial charge in [-0.15, -0.1) is 0 Å². The number of amides is 2. The van der Waals surface area contributed by atoms with Crippen LogP contribution in [0.1, 0.15) is 39.2 Å². The highest BCUT2D eigenvalue weighted by Gasteiger charge is 2.32. The predicted molar refractivity (Wildman–Crippen MR) is 142 cm³/mol. The van der Waals surface area contributed by atoms with Crippen molar-refractivity contribution in [2.75, 3.05) is 23.7 Å². The molecule has 0 heterocycles. The van der Waals surface area contributed by atoms with Crippen molar-refractivity contribution in [2.24, 2.45) is 0 Å². The number of hydrogen-bond donors (Lipinski definition) is 1. The van der Waals surface area contributed by atoms with Crippen molar-refractivity contribution in [2.45, 2.75) is 52.1 Å². The molecule has 0 fully saturated rings. The van der Waals surface area contributed by atoms with Crippen LogP contribution in [0, 0.1) is 0 Å². The average molecular weight is 543 g/mol. The Morgan fingerprint density at radius 1 is 1.00 bits per heavy atom. The van der Waals surface area contributed by atoms with Crippen molar-refractivity contribution >= 4 is 50.7 Å².